The first-order chi connectivity index (χ1) is 9.03. The van der Waals surface area contributed by atoms with Gasteiger partial charge < -0.3 is 5.11 Å². The normalized spacial score (nSPS) is 13.4. The van der Waals surface area contributed by atoms with Crippen LogP contribution in [-0.4, -0.2) is 18.5 Å². The first-order valence-electron chi connectivity index (χ1n) is 5.63. The SMILES string of the molecule is CC(NS(=O)(=O)c1ccc(CO)cn1)c1ccsc1. The van der Waals surface area contributed by atoms with Gasteiger partial charge in [-0.25, -0.2) is 18.1 Å². The van der Waals surface area contributed by atoms with Gasteiger partial charge in [-0.2, -0.15) is 11.3 Å². The summed E-state index contributed by atoms with van der Waals surface area (Å²) in [5.74, 6) is 0. The van der Waals surface area contributed by atoms with Crippen LogP contribution in [0.4, 0.5) is 0 Å². The van der Waals surface area contributed by atoms with Crippen molar-refractivity contribution < 1.29 is 13.5 Å². The van der Waals surface area contributed by atoms with Crippen LogP contribution >= 0.6 is 11.3 Å². The predicted octanol–water partition coefficient (Wildman–Crippen LogP) is 1.67. The zero-order valence-electron chi connectivity index (χ0n) is 10.3. The van der Waals surface area contributed by atoms with Gasteiger partial charge in [0.2, 0.25) is 0 Å². The van der Waals surface area contributed by atoms with Crippen molar-refractivity contribution in [1.82, 2.24) is 9.71 Å². The third kappa shape index (κ3) is 3.38. The molecule has 5 nitrogen and oxygen atoms in total. The van der Waals surface area contributed by atoms with Gasteiger partial charge in [-0.3, -0.25) is 0 Å². The van der Waals surface area contributed by atoms with E-state index in [1.165, 1.54) is 29.7 Å². The number of nitrogens with one attached hydrogen (secondary N) is 1. The number of nitrogens with zero attached hydrogens (tertiary/aromatic N) is 1. The fourth-order valence-electron chi connectivity index (χ4n) is 1.55. The van der Waals surface area contributed by atoms with Gasteiger partial charge in [0.15, 0.2) is 5.03 Å². The van der Waals surface area contributed by atoms with Gasteiger partial charge >= 0.3 is 0 Å². The Bertz CT molecular complexity index is 622. The lowest BCUT2D eigenvalue weighted by atomic mass is 10.2. The molecule has 0 fully saturated rings. The zero-order chi connectivity index (χ0) is 13.9. The first kappa shape index (κ1) is 14.1. The van der Waals surface area contributed by atoms with E-state index in [0.29, 0.717) is 5.56 Å². The molecule has 0 amide bonds. The molecule has 102 valence electrons. The molecule has 2 aromatic rings. The Morgan fingerprint density at radius 1 is 1.42 bits per heavy atom. The van der Waals surface area contributed by atoms with E-state index < -0.39 is 10.0 Å². The summed E-state index contributed by atoms with van der Waals surface area (Å²) in [7, 11) is -3.65. The van der Waals surface area contributed by atoms with Crippen LogP contribution in [0.25, 0.3) is 0 Å². The zero-order valence-corrected chi connectivity index (χ0v) is 11.9. The quantitative estimate of drug-likeness (QED) is 0.880. The van der Waals surface area contributed by atoms with Crippen molar-refractivity contribution in [1.29, 1.82) is 0 Å². The molecule has 19 heavy (non-hydrogen) atoms. The molecule has 2 rings (SSSR count). The van der Waals surface area contributed by atoms with Gasteiger partial charge in [0, 0.05) is 12.2 Å². The van der Waals surface area contributed by atoms with Crippen LogP contribution in [0.3, 0.4) is 0 Å². The third-order valence-electron chi connectivity index (χ3n) is 2.63. The Kier molecular flexibility index (Phi) is 4.31. The maximum absolute atomic E-state index is 12.1. The second-order valence-corrected chi connectivity index (χ2v) is 6.50. The Morgan fingerprint density at radius 3 is 2.74 bits per heavy atom. The summed E-state index contributed by atoms with van der Waals surface area (Å²) in [6, 6.07) is 4.49. The number of rotatable bonds is 5. The molecule has 0 aliphatic carbocycles. The Hall–Kier alpha value is -1.28. The average Bonchev–Trinajstić information content (AvgIpc) is 2.92. The maximum Gasteiger partial charge on any atom is 0.258 e. The van der Waals surface area contributed by atoms with E-state index in [9.17, 15) is 8.42 Å². The van der Waals surface area contributed by atoms with Gasteiger partial charge in [0.05, 0.1) is 6.61 Å². The molecule has 0 spiro atoms. The van der Waals surface area contributed by atoms with E-state index >= 15 is 0 Å². The summed E-state index contributed by atoms with van der Waals surface area (Å²) in [4.78, 5) is 3.85. The number of thiophene rings is 1. The standard InChI is InChI=1S/C12H14N2O3S2/c1-9(11-4-5-18-8-11)14-19(16,17)12-3-2-10(7-15)6-13-12/h2-6,8-9,14-15H,7H2,1H3. The molecule has 0 aliphatic heterocycles. The number of hydrogen-bond donors (Lipinski definition) is 2. The fraction of sp³-hybridized carbons (Fsp3) is 0.250. The fourth-order valence-corrected chi connectivity index (χ4v) is 3.46. The minimum atomic E-state index is -3.65. The minimum Gasteiger partial charge on any atom is -0.392 e. The average molecular weight is 298 g/mol. The lowest BCUT2D eigenvalue weighted by molar-refractivity contribution is 0.281. The van der Waals surface area contributed by atoms with Crippen LogP contribution in [0.2, 0.25) is 0 Å². The number of pyridine rings is 1. The summed E-state index contributed by atoms with van der Waals surface area (Å²) < 4.78 is 26.8. The van der Waals surface area contributed by atoms with E-state index in [2.05, 4.69) is 9.71 Å². The van der Waals surface area contributed by atoms with Crippen LogP contribution in [-0.2, 0) is 16.6 Å². The molecule has 0 saturated carbocycles. The summed E-state index contributed by atoms with van der Waals surface area (Å²) in [5.41, 5.74) is 1.49. The van der Waals surface area contributed by atoms with Crippen molar-refractivity contribution in [3.05, 3.63) is 46.3 Å². The van der Waals surface area contributed by atoms with E-state index in [1.807, 2.05) is 16.8 Å². The second-order valence-electron chi connectivity index (χ2n) is 4.06. The molecule has 2 aromatic heterocycles. The first-order valence-corrected chi connectivity index (χ1v) is 8.06. The lowest BCUT2D eigenvalue weighted by Crippen LogP contribution is -2.27. The van der Waals surface area contributed by atoms with Crippen LogP contribution < -0.4 is 4.72 Å². The molecule has 0 saturated heterocycles. The topological polar surface area (TPSA) is 79.3 Å². The van der Waals surface area contributed by atoms with Gasteiger partial charge in [-0.15, -0.1) is 0 Å². The smallest absolute Gasteiger partial charge is 0.258 e. The number of aliphatic hydroxyl groups excluding tert-OH is 1. The Labute approximate surface area is 116 Å². The third-order valence-corrected chi connectivity index (χ3v) is 4.79. The van der Waals surface area contributed by atoms with Gasteiger partial charge in [-0.1, -0.05) is 6.07 Å². The van der Waals surface area contributed by atoms with Gasteiger partial charge in [0.25, 0.3) is 10.0 Å². The summed E-state index contributed by atoms with van der Waals surface area (Å²) in [6.07, 6.45) is 1.35. The Morgan fingerprint density at radius 2 is 2.21 bits per heavy atom. The number of aromatic nitrogens is 1. The van der Waals surface area contributed by atoms with Crippen molar-refractivity contribution in [2.24, 2.45) is 0 Å². The van der Waals surface area contributed by atoms with E-state index in [-0.39, 0.29) is 17.7 Å². The maximum atomic E-state index is 12.1. The van der Waals surface area contributed by atoms with Crippen LogP contribution in [0.1, 0.15) is 24.1 Å². The molecule has 0 bridgehead atoms. The molecular formula is C12H14N2O3S2. The van der Waals surface area contributed by atoms with Crippen molar-refractivity contribution in [3.8, 4) is 0 Å². The van der Waals surface area contributed by atoms with Gasteiger partial charge in [0.1, 0.15) is 0 Å². The summed E-state index contributed by atoms with van der Waals surface area (Å²) in [6.45, 7) is 1.62. The molecule has 1 atom stereocenters. The number of aliphatic hydroxyl groups is 1. The van der Waals surface area contributed by atoms with Crippen molar-refractivity contribution in [2.75, 3.05) is 0 Å². The molecule has 7 heteroatoms. The largest absolute Gasteiger partial charge is 0.392 e. The lowest BCUT2D eigenvalue weighted by Gasteiger charge is -2.12. The van der Waals surface area contributed by atoms with Gasteiger partial charge in [-0.05, 0) is 40.9 Å². The molecule has 0 aliphatic rings. The van der Waals surface area contributed by atoms with Crippen LogP contribution in [0.15, 0.2) is 40.2 Å². The Balaban J connectivity index is 2.17. The number of sulfonamides is 1. The highest BCUT2D eigenvalue weighted by Crippen LogP contribution is 2.18. The molecule has 0 radical (unpaired) electrons. The molecule has 0 aromatic carbocycles. The van der Waals surface area contributed by atoms with Crippen molar-refractivity contribution in [3.63, 3.8) is 0 Å². The highest BCUT2D eigenvalue weighted by molar-refractivity contribution is 7.89. The van der Waals surface area contributed by atoms with Crippen molar-refractivity contribution >= 4 is 21.4 Å². The molecule has 2 heterocycles. The number of hydrogen-bond acceptors (Lipinski definition) is 5. The molecular weight excluding hydrogens is 284 g/mol. The van der Waals surface area contributed by atoms with Crippen LogP contribution in [0.5, 0.6) is 0 Å². The minimum absolute atomic E-state index is 0.0493. The van der Waals surface area contributed by atoms with Crippen LogP contribution in [0, 0.1) is 0 Å². The highest BCUT2D eigenvalue weighted by Gasteiger charge is 2.19. The monoisotopic (exact) mass is 298 g/mol. The molecule has 1 unspecified atom stereocenters. The molecule has 2 N–H and O–H groups in total. The predicted molar refractivity (Wildman–Crippen MR) is 73.2 cm³/mol. The van der Waals surface area contributed by atoms with Crippen molar-refractivity contribution in [2.45, 2.75) is 24.6 Å². The second kappa shape index (κ2) is 5.79. The highest BCUT2D eigenvalue weighted by atomic mass is 32.2. The summed E-state index contributed by atoms with van der Waals surface area (Å²) in [5, 5.41) is 12.6. The van der Waals surface area contributed by atoms with E-state index in [4.69, 9.17) is 5.11 Å². The summed E-state index contributed by atoms with van der Waals surface area (Å²) >= 11 is 1.52. The van der Waals surface area contributed by atoms with E-state index in [1.54, 1.807) is 6.92 Å². The van der Waals surface area contributed by atoms with E-state index in [0.717, 1.165) is 5.56 Å².